The van der Waals surface area contributed by atoms with E-state index in [0.717, 1.165) is 28.3 Å². The van der Waals surface area contributed by atoms with Gasteiger partial charge in [0, 0.05) is 11.6 Å². The van der Waals surface area contributed by atoms with Gasteiger partial charge in [-0.2, -0.15) is 0 Å². The second-order valence-electron chi connectivity index (χ2n) is 4.01. The standard InChI is InChI=1S/C14H12N2O2S/c1-2-18-12-5-3-10(4-6-12)13-9-19-14-15-11(8-17)7-16(13)14/h3-9H,2H2,1H3. The maximum atomic E-state index is 10.8. The van der Waals surface area contributed by atoms with Crippen molar-refractivity contribution in [2.75, 3.05) is 6.61 Å². The zero-order valence-corrected chi connectivity index (χ0v) is 11.2. The van der Waals surface area contributed by atoms with Crippen LogP contribution < -0.4 is 4.74 Å². The maximum Gasteiger partial charge on any atom is 0.194 e. The Morgan fingerprint density at radius 3 is 2.84 bits per heavy atom. The van der Waals surface area contributed by atoms with E-state index in [0.29, 0.717) is 12.3 Å². The first-order chi connectivity index (χ1) is 9.31. The van der Waals surface area contributed by atoms with E-state index in [1.165, 1.54) is 11.3 Å². The van der Waals surface area contributed by atoms with Crippen molar-refractivity contribution in [1.82, 2.24) is 9.38 Å². The molecular formula is C14H12N2O2S. The summed E-state index contributed by atoms with van der Waals surface area (Å²) in [5, 5.41) is 2.03. The average molecular weight is 272 g/mol. The van der Waals surface area contributed by atoms with Gasteiger partial charge in [0.1, 0.15) is 11.4 Å². The summed E-state index contributed by atoms with van der Waals surface area (Å²) in [6.45, 7) is 2.62. The molecule has 96 valence electrons. The van der Waals surface area contributed by atoms with Crippen molar-refractivity contribution in [1.29, 1.82) is 0 Å². The first-order valence-electron chi connectivity index (χ1n) is 5.97. The van der Waals surface area contributed by atoms with Gasteiger partial charge in [-0.05, 0) is 36.8 Å². The largest absolute Gasteiger partial charge is 0.494 e. The molecule has 0 radical (unpaired) electrons. The number of aldehydes is 1. The SMILES string of the molecule is CCOc1ccc(-c2csc3nc(C=O)cn23)cc1. The summed E-state index contributed by atoms with van der Waals surface area (Å²) in [7, 11) is 0. The molecule has 0 saturated heterocycles. The Kier molecular flexibility index (Phi) is 3.05. The third kappa shape index (κ3) is 2.13. The molecule has 19 heavy (non-hydrogen) atoms. The molecule has 1 aromatic carbocycles. The van der Waals surface area contributed by atoms with E-state index in [1.807, 2.05) is 41.0 Å². The lowest BCUT2D eigenvalue weighted by atomic mass is 10.2. The van der Waals surface area contributed by atoms with Gasteiger partial charge < -0.3 is 4.74 Å². The third-order valence-corrected chi connectivity index (χ3v) is 3.65. The van der Waals surface area contributed by atoms with Crippen LogP contribution in [0.4, 0.5) is 0 Å². The molecule has 0 N–H and O–H groups in total. The number of rotatable bonds is 4. The third-order valence-electron chi connectivity index (χ3n) is 2.81. The number of benzene rings is 1. The van der Waals surface area contributed by atoms with Gasteiger partial charge >= 0.3 is 0 Å². The quantitative estimate of drug-likeness (QED) is 0.685. The molecule has 3 rings (SSSR count). The normalized spacial score (nSPS) is 10.8. The van der Waals surface area contributed by atoms with E-state index in [-0.39, 0.29) is 0 Å². The predicted molar refractivity (Wildman–Crippen MR) is 75.1 cm³/mol. The Labute approximate surface area is 114 Å². The average Bonchev–Trinajstić information content (AvgIpc) is 2.99. The summed E-state index contributed by atoms with van der Waals surface area (Å²) in [5.74, 6) is 0.858. The van der Waals surface area contributed by atoms with E-state index in [4.69, 9.17) is 4.74 Å². The number of carbonyl (C=O) groups is 1. The minimum Gasteiger partial charge on any atom is -0.494 e. The summed E-state index contributed by atoms with van der Waals surface area (Å²) in [6, 6.07) is 7.90. The maximum absolute atomic E-state index is 10.8. The van der Waals surface area contributed by atoms with Crippen molar-refractivity contribution >= 4 is 22.6 Å². The molecule has 0 fully saturated rings. The monoisotopic (exact) mass is 272 g/mol. The highest BCUT2D eigenvalue weighted by Crippen LogP contribution is 2.27. The first kappa shape index (κ1) is 11.9. The lowest BCUT2D eigenvalue weighted by molar-refractivity contribution is 0.111. The molecule has 5 heteroatoms. The van der Waals surface area contributed by atoms with Crippen LogP contribution in [0.15, 0.2) is 35.8 Å². The van der Waals surface area contributed by atoms with Gasteiger partial charge in [-0.15, -0.1) is 11.3 Å². The van der Waals surface area contributed by atoms with Crippen LogP contribution in [-0.4, -0.2) is 22.3 Å². The number of hydrogen-bond donors (Lipinski definition) is 0. The van der Waals surface area contributed by atoms with Crippen LogP contribution in [0.2, 0.25) is 0 Å². The zero-order chi connectivity index (χ0) is 13.2. The molecule has 0 aliphatic heterocycles. The second-order valence-corrected chi connectivity index (χ2v) is 4.85. The molecule has 0 amide bonds. The number of thiazole rings is 1. The molecule has 0 bridgehead atoms. The molecule has 4 nitrogen and oxygen atoms in total. The Bertz CT molecular complexity index is 713. The number of nitrogens with zero attached hydrogens (tertiary/aromatic N) is 2. The number of hydrogen-bond acceptors (Lipinski definition) is 4. The predicted octanol–water partition coefficient (Wildman–Crippen LogP) is 3.27. The lowest BCUT2D eigenvalue weighted by Crippen LogP contribution is -1.91. The van der Waals surface area contributed by atoms with Crippen molar-refractivity contribution in [2.24, 2.45) is 0 Å². The highest BCUT2D eigenvalue weighted by atomic mass is 32.1. The number of carbonyl (C=O) groups excluding carboxylic acids is 1. The van der Waals surface area contributed by atoms with Gasteiger partial charge in [0.2, 0.25) is 0 Å². The smallest absolute Gasteiger partial charge is 0.194 e. The van der Waals surface area contributed by atoms with E-state index < -0.39 is 0 Å². The number of fused-ring (bicyclic) bond motifs is 1. The van der Waals surface area contributed by atoms with Crippen LogP contribution >= 0.6 is 11.3 Å². The summed E-state index contributed by atoms with van der Waals surface area (Å²) < 4.78 is 7.36. The zero-order valence-electron chi connectivity index (χ0n) is 10.4. The van der Waals surface area contributed by atoms with Gasteiger partial charge in [0.15, 0.2) is 11.2 Å². The Morgan fingerprint density at radius 2 is 2.16 bits per heavy atom. The lowest BCUT2D eigenvalue weighted by Gasteiger charge is -2.04. The molecule has 0 aliphatic carbocycles. The van der Waals surface area contributed by atoms with Crippen molar-refractivity contribution < 1.29 is 9.53 Å². The molecule has 0 spiro atoms. The van der Waals surface area contributed by atoms with E-state index in [9.17, 15) is 4.79 Å². The van der Waals surface area contributed by atoms with Crippen molar-refractivity contribution in [3.63, 3.8) is 0 Å². The minimum atomic E-state index is 0.457. The molecule has 0 atom stereocenters. The van der Waals surface area contributed by atoms with E-state index >= 15 is 0 Å². The van der Waals surface area contributed by atoms with Crippen molar-refractivity contribution in [2.45, 2.75) is 6.92 Å². The van der Waals surface area contributed by atoms with Crippen molar-refractivity contribution in [3.05, 3.63) is 41.5 Å². The first-order valence-corrected chi connectivity index (χ1v) is 6.85. The fourth-order valence-electron chi connectivity index (χ4n) is 1.95. The van der Waals surface area contributed by atoms with Crippen LogP contribution in [0.5, 0.6) is 5.75 Å². The van der Waals surface area contributed by atoms with Gasteiger partial charge in [0.25, 0.3) is 0 Å². The minimum absolute atomic E-state index is 0.457. The molecule has 3 aromatic rings. The summed E-state index contributed by atoms with van der Waals surface area (Å²) >= 11 is 1.52. The van der Waals surface area contributed by atoms with Crippen LogP contribution in [0.25, 0.3) is 16.2 Å². The second kappa shape index (κ2) is 4.85. The highest BCUT2D eigenvalue weighted by molar-refractivity contribution is 7.15. The molecule has 0 unspecified atom stereocenters. The summed E-state index contributed by atoms with van der Waals surface area (Å²) in [5.41, 5.74) is 2.56. The topological polar surface area (TPSA) is 43.6 Å². The number of ether oxygens (including phenoxy) is 1. The van der Waals surface area contributed by atoms with Gasteiger partial charge in [-0.3, -0.25) is 9.20 Å². The van der Waals surface area contributed by atoms with Crippen LogP contribution in [-0.2, 0) is 0 Å². The van der Waals surface area contributed by atoms with Crippen molar-refractivity contribution in [3.8, 4) is 17.0 Å². The molecule has 0 saturated carbocycles. The van der Waals surface area contributed by atoms with E-state index in [1.54, 1.807) is 6.20 Å². The van der Waals surface area contributed by atoms with Crippen LogP contribution in [0.1, 0.15) is 17.4 Å². The van der Waals surface area contributed by atoms with E-state index in [2.05, 4.69) is 4.98 Å². The summed E-state index contributed by atoms with van der Waals surface area (Å²) in [4.78, 5) is 15.8. The molecule has 2 aromatic heterocycles. The molecule has 2 heterocycles. The Morgan fingerprint density at radius 1 is 1.37 bits per heavy atom. The number of imidazole rings is 1. The molecule has 0 aliphatic rings. The molecular weight excluding hydrogens is 260 g/mol. The fourth-order valence-corrected chi connectivity index (χ4v) is 2.84. The number of aromatic nitrogens is 2. The fraction of sp³-hybridized carbons (Fsp3) is 0.143. The van der Waals surface area contributed by atoms with Gasteiger partial charge in [-0.1, -0.05) is 0 Å². The van der Waals surface area contributed by atoms with Crippen LogP contribution in [0.3, 0.4) is 0 Å². The Hall–Kier alpha value is -2.14. The van der Waals surface area contributed by atoms with Gasteiger partial charge in [-0.25, -0.2) is 4.98 Å². The highest BCUT2D eigenvalue weighted by Gasteiger charge is 2.09. The van der Waals surface area contributed by atoms with Crippen LogP contribution in [0, 0.1) is 0 Å². The van der Waals surface area contributed by atoms with Gasteiger partial charge in [0.05, 0.1) is 12.3 Å². The Balaban J connectivity index is 2.02. The summed E-state index contributed by atoms with van der Waals surface area (Å²) in [6.07, 6.45) is 2.52.